The van der Waals surface area contributed by atoms with Gasteiger partial charge in [-0.15, -0.1) is 0 Å². The smallest absolute Gasteiger partial charge is 0.257 e. The standard InChI is InChI=1S/C21H24N4O/c1-15-22-13-20-7-6-18(14-25(15)20)21(26)23-19-5-3-4-17(12-19)16-8-10-24(2)11-9-16/h3-7,12-14,16H,8-11H2,1-2H3,(H,23,26). The zero-order chi connectivity index (χ0) is 18.1. The van der Waals surface area contributed by atoms with E-state index < -0.39 is 0 Å². The lowest BCUT2D eigenvalue weighted by Crippen LogP contribution is -2.29. The zero-order valence-corrected chi connectivity index (χ0v) is 15.3. The summed E-state index contributed by atoms with van der Waals surface area (Å²) in [5.41, 5.74) is 3.79. The lowest BCUT2D eigenvalue weighted by molar-refractivity contribution is 0.102. The van der Waals surface area contributed by atoms with Crippen LogP contribution in [-0.2, 0) is 0 Å². The monoisotopic (exact) mass is 348 g/mol. The molecule has 5 nitrogen and oxygen atoms in total. The van der Waals surface area contributed by atoms with Crippen molar-refractivity contribution in [2.75, 3.05) is 25.5 Å². The highest BCUT2D eigenvalue weighted by Crippen LogP contribution is 2.29. The van der Waals surface area contributed by atoms with Gasteiger partial charge in [-0.05, 0) is 75.6 Å². The van der Waals surface area contributed by atoms with Crippen LogP contribution in [0.4, 0.5) is 5.69 Å². The van der Waals surface area contributed by atoms with Gasteiger partial charge in [-0.1, -0.05) is 12.1 Å². The number of piperidine rings is 1. The number of pyridine rings is 1. The highest BCUT2D eigenvalue weighted by Gasteiger charge is 2.18. The third-order valence-corrected chi connectivity index (χ3v) is 5.31. The number of anilines is 1. The van der Waals surface area contributed by atoms with Crippen molar-refractivity contribution in [1.29, 1.82) is 0 Å². The van der Waals surface area contributed by atoms with Crippen molar-refractivity contribution < 1.29 is 4.79 Å². The molecular formula is C21H24N4O. The first-order valence-corrected chi connectivity index (χ1v) is 9.14. The van der Waals surface area contributed by atoms with Crippen molar-refractivity contribution in [3.63, 3.8) is 0 Å². The number of aromatic nitrogens is 2. The van der Waals surface area contributed by atoms with Crippen molar-refractivity contribution in [1.82, 2.24) is 14.3 Å². The second-order valence-electron chi connectivity index (χ2n) is 7.18. The zero-order valence-electron chi connectivity index (χ0n) is 15.3. The van der Waals surface area contributed by atoms with E-state index in [9.17, 15) is 4.79 Å². The summed E-state index contributed by atoms with van der Waals surface area (Å²) in [5, 5.41) is 3.04. The van der Waals surface area contributed by atoms with Crippen LogP contribution in [0.1, 0.15) is 40.5 Å². The molecule has 0 spiro atoms. The van der Waals surface area contributed by atoms with Gasteiger partial charge >= 0.3 is 0 Å². The van der Waals surface area contributed by atoms with Gasteiger partial charge in [-0.3, -0.25) is 4.79 Å². The van der Waals surface area contributed by atoms with Crippen LogP contribution in [0.15, 0.2) is 48.8 Å². The predicted octanol–water partition coefficient (Wildman–Crippen LogP) is 3.70. The molecule has 134 valence electrons. The SMILES string of the molecule is Cc1ncc2ccc(C(=O)Nc3cccc(C4CCN(C)CC4)c3)cn12. The van der Waals surface area contributed by atoms with Crippen molar-refractivity contribution in [2.24, 2.45) is 0 Å². The largest absolute Gasteiger partial charge is 0.322 e. The number of amides is 1. The van der Waals surface area contributed by atoms with Gasteiger partial charge in [0.15, 0.2) is 0 Å². The molecule has 2 aromatic heterocycles. The second-order valence-corrected chi connectivity index (χ2v) is 7.18. The number of rotatable bonds is 3. The molecule has 1 aliphatic rings. The summed E-state index contributed by atoms with van der Waals surface area (Å²) in [6.45, 7) is 4.19. The van der Waals surface area contributed by atoms with Gasteiger partial charge < -0.3 is 14.6 Å². The fourth-order valence-corrected chi connectivity index (χ4v) is 3.67. The second kappa shape index (κ2) is 6.92. The van der Waals surface area contributed by atoms with Gasteiger partial charge in [-0.2, -0.15) is 0 Å². The maximum absolute atomic E-state index is 12.7. The van der Waals surface area contributed by atoms with Crippen molar-refractivity contribution in [3.05, 3.63) is 65.7 Å². The van der Waals surface area contributed by atoms with Crippen LogP contribution in [0.3, 0.4) is 0 Å². The number of aryl methyl sites for hydroxylation is 1. The molecule has 0 radical (unpaired) electrons. The van der Waals surface area contributed by atoms with Crippen LogP contribution in [0.5, 0.6) is 0 Å². The van der Waals surface area contributed by atoms with Crippen molar-refractivity contribution >= 4 is 17.1 Å². The highest BCUT2D eigenvalue weighted by atomic mass is 16.1. The summed E-state index contributed by atoms with van der Waals surface area (Å²) in [4.78, 5) is 19.3. The Balaban J connectivity index is 1.51. The molecule has 1 aromatic carbocycles. The lowest BCUT2D eigenvalue weighted by atomic mass is 9.89. The molecule has 1 fully saturated rings. The number of carbonyl (C=O) groups is 1. The summed E-state index contributed by atoms with van der Waals surface area (Å²) in [5.74, 6) is 1.35. The summed E-state index contributed by atoms with van der Waals surface area (Å²) in [7, 11) is 2.17. The Morgan fingerprint density at radius 3 is 2.81 bits per heavy atom. The Labute approximate surface area is 153 Å². The van der Waals surface area contributed by atoms with E-state index in [0.717, 1.165) is 30.1 Å². The normalized spacial score (nSPS) is 16.1. The highest BCUT2D eigenvalue weighted by molar-refractivity contribution is 6.04. The first-order chi connectivity index (χ1) is 12.6. The van der Waals surface area contributed by atoms with Crippen LogP contribution in [0.2, 0.25) is 0 Å². The average Bonchev–Trinajstić information content (AvgIpc) is 3.03. The molecule has 26 heavy (non-hydrogen) atoms. The molecule has 0 saturated carbocycles. The minimum Gasteiger partial charge on any atom is -0.322 e. The first-order valence-electron chi connectivity index (χ1n) is 9.14. The molecule has 1 saturated heterocycles. The summed E-state index contributed by atoms with van der Waals surface area (Å²) in [6.07, 6.45) is 5.99. The van der Waals surface area contributed by atoms with E-state index in [-0.39, 0.29) is 5.91 Å². The van der Waals surface area contributed by atoms with Crippen LogP contribution >= 0.6 is 0 Å². The molecule has 0 aliphatic carbocycles. The van der Waals surface area contributed by atoms with Gasteiger partial charge in [0, 0.05) is 11.9 Å². The fraction of sp³-hybridized carbons (Fsp3) is 0.333. The molecule has 1 amide bonds. The first kappa shape index (κ1) is 16.8. The Kier molecular flexibility index (Phi) is 4.47. The van der Waals surface area contributed by atoms with E-state index in [4.69, 9.17) is 0 Å². The van der Waals surface area contributed by atoms with E-state index in [1.54, 1.807) is 0 Å². The molecule has 1 N–H and O–H groups in total. The maximum atomic E-state index is 12.7. The number of imidazole rings is 1. The number of nitrogens with zero attached hydrogens (tertiary/aromatic N) is 3. The van der Waals surface area contributed by atoms with Crippen molar-refractivity contribution in [3.8, 4) is 0 Å². The Bertz CT molecular complexity index is 938. The summed E-state index contributed by atoms with van der Waals surface area (Å²) >= 11 is 0. The number of carbonyl (C=O) groups excluding carboxylic acids is 1. The summed E-state index contributed by atoms with van der Waals surface area (Å²) < 4.78 is 1.93. The molecular weight excluding hydrogens is 324 g/mol. The van der Waals surface area contributed by atoms with E-state index in [0.29, 0.717) is 11.5 Å². The number of fused-ring (bicyclic) bond motifs is 1. The predicted molar refractivity (Wildman–Crippen MR) is 104 cm³/mol. The number of hydrogen-bond donors (Lipinski definition) is 1. The average molecular weight is 348 g/mol. The number of benzene rings is 1. The molecule has 0 bridgehead atoms. The molecule has 3 heterocycles. The van der Waals surface area contributed by atoms with Gasteiger partial charge in [0.05, 0.1) is 17.3 Å². The van der Waals surface area contributed by atoms with Crippen LogP contribution in [0, 0.1) is 6.92 Å². The quantitative estimate of drug-likeness (QED) is 0.785. The van der Waals surface area contributed by atoms with Gasteiger partial charge in [0.2, 0.25) is 0 Å². The Morgan fingerprint density at radius 2 is 2.00 bits per heavy atom. The van der Waals surface area contributed by atoms with E-state index in [1.807, 2.05) is 48.0 Å². The van der Waals surface area contributed by atoms with Crippen LogP contribution in [0.25, 0.3) is 5.52 Å². The van der Waals surface area contributed by atoms with Gasteiger partial charge in [0.1, 0.15) is 5.82 Å². The van der Waals surface area contributed by atoms with Gasteiger partial charge in [0.25, 0.3) is 5.91 Å². The fourth-order valence-electron chi connectivity index (χ4n) is 3.67. The third kappa shape index (κ3) is 3.35. The molecule has 3 aromatic rings. The maximum Gasteiger partial charge on any atom is 0.257 e. The topological polar surface area (TPSA) is 49.6 Å². The Hall–Kier alpha value is -2.66. The number of hydrogen-bond acceptors (Lipinski definition) is 3. The van der Waals surface area contributed by atoms with E-state index in [2.05, 4.69) is 34.4 Å². The van der Waals surface area contributed by atoms with Crippen LogP contribution < -0.4 is 5.32 Å². The van der Waals surface area contributed by atoms with Gasteiger partial charge in [-0.25, -0.2) is 4.98 Å². The van der Waals surface area contributed by atoms with Crippen molar-refractivity contribution in [2.45, 2.75) is 25.7 Å². The lowest BCUT2D eigenvalue weighted by Gasteiger charge is -2.29. The molecule has 1 aliphatic heterocycles. The molecule has 4 rings (SSSR count). The Morgan fingerprint density at radius 1 is 1.19 bits per heavy atom. The minimum atomic E-state index is -0.0967. The molecule has 0 atom stereocenters. The number of likely N-dealkylation sites (tertiary alicyclic amines) is 1. The third-order valence-electron chi connectivity index (χ3n) is 5.31. The molecule has 5 heteroatoms. The number of nitrogens with one attached hydrogen (secondary N) is 1. The van der Waals surface area contributed by atoms with E-state index in [1.165, 1.54) is 18.4 Å². The summed E-state index contributed by atoms with van der Waals surface area (Å²) in [6, 6.07) is 12.0. The minimum absolute atomic E-state index is 0.0967. The van der Waals surface area contributed by atoms with Crippen LogP contribution in [-0.4, -0.2) is 40.3 Å². The molecule has 0 unspecified atom stereocenters. The van der Waals surface area contributed by atoms with E-state index >= 15 is 0 Å².